The van der Waals surface area contributed by atoms with Crippen molar-refractivity contribution in [2.75, 3.05) is 37.8 Å². The third kappa shape index (κ3) is 5.37. The fraction of sp³-hybridized carbons (Fsp3) is 0.345. The number of hydrogen-bond donors (Lipinski definition) is 2. The quantitative estimate of drug-likeness (QED) is 0.276. The fourth-order valence-corrected chi connectivity index (χ4v) is 6.76. The lowest BCUT2D eigenvalue weighted by molar-refractivity contribution is 0.114. The third-order valence-corrected chi connectivity index (χ3v) is 9.54. The summed E-state index contributed by atoms with van der Waals surface area (Å²) in [6, 6.07) is 21.4. The molecule has 1 aliphatic heterocycles. The Balaban J connectivity index is 1.37. The number of likely N-dealkylation sites (tertiary alicyclic amines) is 1. The van der Waals surface area contributed by atoms with E-state index in [1.54, 1.807) is 0 Å². The second kappa shape index (κ2) is 10.8. The molecule has 0 saturated carbocycles. The first-order valence-electron chi connectivity index (χ1n) is 12.7. The Labute approximate surface area is 209 Å². The van der Waals surface area contributed by atoms with Gasteiger partial charge in [0.05, 0.1) is 5.69 Å². The van der Waals surface area contributed by atoms with E-state index in [2.05, 4.69) is 102 Å². The predicted molar refractivity (Wildman–Crippen MR) is 150 cm³/mol. The molecule has 2 aromatic heterocycles. The number of aromatic nitrogens is 2. The van der Waals surface area contributed by atoms with E-state index in [0.29, 0.717) is 6.10 Å². The number of aromatic amines is 1. The number of pyridine rings is 1. The molecule has 0 bridgehead atoms. The Kier molecular flexibility index (Phi) is 7.36. The van der Waals surface area contributed by atoms with Crippen molar-refractivity contribution in [3.05, 3.63) is 66.9 Å². The van der Waals surface area contributed by atoms with E-state index in [9.17, 15) is 0 Å². The molecule has 2 N–H and O–H groups in total. The molecule has 4 aromatic rings. The SMILES string of the molecule is CCP(CC)c1ccccc1Nc1ccnc2[nH]c(-c3ccc(OC4CCN(C)CC4)cc3)cc12. The number of benzene rings is 2. The molecule has 1 saturated heterocycles. The molecule has 5 rings (SSSR count). The summed E-state index contributed by atoms with van der Waals surface area (Å²) in [7, 11) is 2.02. The van der Waals surface area contributed by atoms with Crippen LogP contribution in [0, 0.1) is 0 Å². The van der Waals surface area contributed by atoms with Gasteiger partial charge in [0.15, 0.2) is 0 Å². The number of nitrogens with one attached hydrogen (secondary N) is 2. The van der Waals surface area contributed by atoms with E-state index in [-0.39, 0.29) is 7.92 Å². The zero-order valence-electron chi connectivity index (χ0n) is 20.9. The number of ether oxygens (including phenoxy) is 1. The summed E-state index contributed by atoms with van der Waals surface area (Å²) in [4.78, 5) is 10.5. The highest BCUT2D eigenvalue weighted by atomic mass is 31.1. The maximum absolute atomic E-state index is 6.23. The highest BCUT2D eigenvalue weighted by Gasteiger charge is 2.18. The number of nitrogens with zero attached hydrogens (tertiary/aromatic N) is 2. The van der Waals surface area contributed by atoms with Gasteiger partial charge in [-0.15, -0.1) is 0 Å². The van der Waals surface area contributed by atoms with Crippen molar-refractivity contribution in [1.29, 1.82) is 0 Å². The summed E-state index contributed by atoms with van der Waals surface area (Å²) in [5.74, 6) is 0.944. The third-order valence-electron chi connectivity index (χ3n) is 6.94. The molecule has 2 aromatic carbocycles. The molecule has 6 heteroatoms. The average Bonchev–Trinajstić information content (AvgIpc) is 3.33. The highest BCUT2D eigenvalue weighted by molar-refractivity contribution is 7.65. The van der Waals surface area contributed by atoms with Crippen LogP contribution in [0.2, 0.25) is 0 Å². The maximum atomic E-state index is 6.23. The lowest BCUT2D eigenvalue weighted by Crippen LogP contribution is -2.35. The zero-order chi connectivity index (χ0) is 24.2. The summed E-state index contributed by atoms with van der Waals surface area (Å²) in [5, 5.41) is 6.26. The summed E-state index contributed by atoms with van der Waals surface area (Å²) < 4.78 is 6.23. The molecule has 5 nitrogen and oxygen atoms in total. The largest absolute Gasteiger partial charge is 0.490 e. The molecule has 35 heavy (non-hydrogen) atoms. The van der Waals surface area contributed by atoms with Gasteiger partial charge < -0.3 is 19.9 Å². The van der Waals surface area contributed by atoms with Gasteiger partial charge in [-0.05, 0) is 85.5 Å². The molecular weight excluding hydrogens is 451 g/mol. The van der Waals surface area contributed by atoms with E-state index < -0.39 is 0 Å². The molecule has 1 fully saturated rings. The van der Waals surface area contributed by atoms with Gasteiger partial charge >= 0.3 is 0 Å². The Morgan fingerprint density at radius 2 is 1.74 bits per heavy atom. The van der Waals surface area contributed by atoms with E-state index in [1.165, 1.54) is 23.3 Å². The second-order valence-electron chi connectivity index (χ2n) is 9.26. The van der Waals surface area contributed by atoms with Crippen LogP contribution in [0.5, 0.6) is 5.75 Å². The smallest absolute Gasteiger partial charge is 0.139 e. The van der Waals surface area contributed by atoms with E-state index in [1.807, 2.05) is 6.20 Å². The molecule has 182 valence electrons. The minimum Gasteiger partial charge on any atom is -0.490 e. The van der Waals surface area contributed by atoms with Crippen LogP contribution in [0.1, 0.15) is 26.7 Å². The maximum Gasteiger partial charge on any atom is 0.139 e. The average molecular weight is 487 g/mol. The van der Waals surface area contributed by atoms with E-state index in [4.69, 9.17) is 4.74 Å². The van der Waals surface area contributed by atoms with Crippen molar-refractivity contribution >= 4 is 35.6 Å². The summed E-state index contributed by atoms with van der Waals surface area (Å²) in [6.07, 6.45) is 6.75. The monoisotopic (exact) mass is 486 g/mol. The summed E-state index contributed by atoms with van der Waals surface area (Å²) >= 11 is 0. The van der Waals surface area contributed by atoms with Crippen LogP contribution in [0.25, 0.3) is 22.3 Å². The standard InChI is InChI=1S/C29H35N4OP/c1-4-35(5-2)28-9-7-6-8-26(28)31-25-14-17-30-29-24(25)20-27(32-29)21-10-12-22(13-11-21)34-23-15-18-33(3)19-16-23/h6-14,17,20,23H,4-5,15-16,18-19H2,1-3H3,(H2,30,31,32). The molecule has 0 aliphatic carbocycles. The Morgan fingerprint density at radius 3 is 2.49 bits per heavy atom. The van der Waals surface area contributed by atoms with Gasteiger partial charge in [0.2, 0.25) is 0 Å². The van der Waals surface area contributed by atoms with E-state index >= 15 is 0 Å². The molecule has 0 radical (unpaired) electrons. The zero-order valence-corrected chi connectivity index (χ0v) is 21.8. The van der Waals surface area contributed by atoms with Crippen molar-refractivity contribution in [3.8, 4) is 17.0 Å². The molecular formula is C29H35N4OP. The molecule has 0 spiro atoms. The first-order chi connectivity index (χ1) is 17.1. The van der Waals surface area contributed by atoms with Gasteiger partial charge in [-0.25, -0.2) is 4.98 Å². The normalized spacial score (nSPS) is 15.1. The Bertz CT molecular complexity index is 1260. The molecule has 1 aliphatic rings. The van der Waals surface area contributed by atoms with Crippen LogP contribution < -0.4 is 15.4 Å². The Morgan fingerprint density at radius 1 is 1.00 bits per heavy atom. The molecule has 0 amide bonds. The van der Waals surface area contributed by atoms with Crippen LogP contribution >= 0.6 is 7.92 Å². The van der Waals surface area contributed by atoms with Gasteiger partial charge in [0, 0.05) is 36.1 Å². The first-order valence-corrected chi connectivity index (χ1v) is 14.4. The molecule has 0 atom stereocenters. The minimum atomic E-state index is -0.155. The van der Waals surface area contributed by atoms with E-state index in [0.717, 1.165) is 59.7 Å². The van der Waals surface area contributed by atoms with Crippen molar-refractivity contribution in [3.63, 3.8) is 0 Å². The van der Waals surface area contributed by atoms with Gasteiger partial charge in [-0.3, -0.25) is 0 Å². The van der Waals surface area contributed by atoms with Gasteiger partial charge in [-0.1, -0.05) is 40.0 Å². The molecule has 3 heterocycles. The number of para-hydroxylation sites is 1. The minimum absolute atomic E-state index is 0.155. The van der Waals surface area contributed by atoms with Gasteiger partial charge in [0.1, 0.15) is 17.5 Å². The lowest BCUT2D eigenvalue weighted by atomic mass is 10.1. The fourth-order valence-electron chi connectivity index (χ4n) is 4.86. The van der Waals surface area contributed by atoms with Crippen LogP contribution in [0.15, 0.2) is 66.9 Å². The number of rotatable bonds is 8. The number of hydrogen-bond acceptors (Lipinski definition) is 4. The highest BCUT2D eigenvalue weighted by Crippen LogP contribution is 2.38. The van der Waals surface area contributed by atoms with Gasteiger partial charge in [-0.2, -0.15) is 0 Å². The second-order valence-corrected chi connectivity index (χ2v) is 12.1. The van der Waals surface area contributed by atoms with Gasteiger partial charge in [0.25, 0.3) is 0 Å². The number of fused-ring (bicyclic) bond motifs is 1. The van der Waals surface area contributed by atoms with Crippen molar-refractivity contribution < 1.29 is 4.74 Å². The van der Waals surface area contributed by atoms with Crippen LogP contribution in [0.4, 0.5) is 11.4 Å². The molecule has 0 unspecified atom stereocenters. The number of anilines is 2. The summed E-state index contributed by atoms with van der Waals surface area (Å²) in [6.45, 7) is 6.78. The van der Waals surface area contributed by atoms with Crippen molar-refractivity contribution in [2.24, 2.45) is 0 Å². The van der Waals surface area contributed by atoms with Crippen LogP contribution in [-0.4, -0.2) is 53.4 Å². The summed E-state index contributed by atoms with van der Waals surface area (Å²) in [5.41, 5.74) is 5.36. The predicted octanol–water partition coefficient (Wildman–Crippen LogP) is 6.59. The Hall–Kier alpha value is -2.88. The lowest BCUT2D eigenvalue weighted by Gasteiger charge is -2.29. The van der Waals surface area contributed by atoms with Crippen LogP contribution in [0.3, 0.4) is 0 Å². The topological polar surface area (TPSA) is 53.2 Å². The van der Waals surface area contributed by atoms with Crippen molar-refractivity contribution in [2.45, 2.75) is 32.8 Å². The number of H-pyrrole nitrogens is 1. The van der Waals surface area contributed by atoms with Crippen LogP contribution in [-0.2, 0) is 0 Å². The van der Waals surface area contributed by atoms with Crippen molar-refractivity contribution in [1.82, 2.24) is 14.9 Å². The first kappa shape index (κ1) is 23.8. The number of piperidine rings is 1.